The fourth-order valence-electron chi connectivity index (χ4n) is 3.23. The number of hydrogen-bond acceptors (Lipinski definition) is 4. The molecule has 0 N–H and O–H groups in total. The van der Waals surface area contributed by atoms with Gasteiger partial charge in [0.2, 0.25) is 15.9 Å². The van der Waals surface area contributed by atoms with Crippen molar-refractivity contribution in [3.8, 4) is 0 Å². The molecule has 1 aliphatic rings. The van der Waals surface area contributed by atoms with Crippen LogP contribution < -0.4 is 4.31 Å². The van der Waals surface area contributed by atoms with Crippen LogP contribution in [-0.2, 0) is 14.8 Å². The van der Waals surface area contributed by atoms with Crippen LogP contribution in [0.1, 0.15) is 49.9 Å². The maximum Gasteiger partial charge on any atom is 0.243 e. The van der Waals surface area contributed by atoms with Gasteiger partial charge in [-0.05, 0) is 56.9 Å². The van der Waals surface area contributed by atoms with Crippen LogP contribution >= 0.6 is 0 Å². The van der Waals surface area contributed by atoms with Gasteiger partial charge in [-0.2, -0.15) is 0 Å². The molecule has 25 heavy (non-hydrogen) atoms. The Morgan fingerprint density at radius 3 is 2.36 bits per heavy atom. The van der Waals surface area contributed by atoms with Gasteiger partial charge in [-0.1, -0.05) is 6.92 Å². The number of anilines is 1. The molecule has 0 bridgehead atoms. The molecule has 1 aromatic carbocycles. The van der Waals surface area contributed by atoms with Gasteiger partial charge in [0.05, 0.1) is 11.9 Å². The topological polar surface area (TPSA) is 74.8 Å². The zero-order chi connectivity index (χ0) is 18.6. The van der Waals surface area contributed by atoms with Gasteiger partial charge in [0.25, 0.3) is 0 Å². The summed E-state index contributed by atoms with van der Waals surface area (Å²) in [6, 6.07) is 6.48. The average Bonchev–Trinajstić information content (AvgIpc) is 2.58. The number of nitrogens with zero attached hydrogens (tertiary/aromatic N) is 2. The second-order valence-electron chi connectivity index (χ2n) is 6.52. The van der Waals surface area contributed by atoms with E-state index in [0.29, 0.717) is 17.8 Å². The normalized spacial score (nSPS) is 18.0. The number of likely N-dealkylation sites (tertiary alicyclic amines) is 1. The Morgan fingerprint density at radius 1 is 1.20 bits per heavy atom. The molecule has 0 saturated carbocycles. The van der Waals surface area contributed by atoms with Gasteiger partial charge in [0.1, 0.15) is 6.54 Å². The fourth-order valence-corrected chi connectivity index (χ4v) is 4.08. The van der Waals surface area contributed by atoms with E-state index in [1.807, 2.05) is 11.8 Å². The van der Waals surface area contributed by atoms with E-state index in [0.717, 1.165) is 36.2 Å². The summed E-state index contributed by atoms with van der Waals surface area (Å²) in [6.07, 6.45) is 4.98. The smallest absolute Gasteiger partial charge is 0.243 e. The Balaban J connectivity index is 2.23. The molecule has 1 heterocycles. The molecule has 1 aromatic rings. The quantitative estimate of drug-likeness (QED) is 0.725. The van der Waals surface area contributed by atoms with Gasteiger partial charge in [-0.15, -0.1) is 0 Å². The second-order valence-corrected chi connectivity index (χ2v) is 8.42. The molecular weight excluding hydrogens is 340 g/mol. The molecule has 1 atom stereocenters. The van der Waals surface area contributed by atoms with Crippen molar-refractivity contribution in [2.75, 3.05) is 23.7 Å². The number of benzene rings is 1. The lowest BCUT2D eigenvalue weighted by Gasteiger charge is -2.36. The molecule has 1 amide bonds. The standard InChI is InChI=1S/C18H26N2O4S/c1-4-16-7-5-6-12-19(16)18(22)13-20(25(3,23)24)17-10-8-15(9-11-17)14(2)21/h8-11,16H,4-7,12-13H2,1-3H3. The lowest BCUT2D eigenvalue weighted by Crippen LogP contribution is -2.48. The number of carbonyl (C=O) groups excluding carboxylic acids is 2. The van der Waals surface area contributed by atoms with E-state index in [1.54, 1.807) is 24.3 Å². The number of ketones is 1. The van der Waals surface area contributed by atoms with E-state index in [4.69, 9.17) is 0 Å². The highest BCUT2D eigenvalue weighted by Gasteiger charge is 2.29. The van der Waals surface area contributed by atoms with Crippen molar-refractivity contribution >= 4 is 27.4 Å². The molecule has 0 aromatic heterocycles. The second kappa shape index (κ2) is 7.99. The number of sulfonamides is 1. The Bertz CT molecular complexity index is 728. The average molecular weight is 366 g/mol. The summed E-state index contributed by atoms with van der Waals surface area (Å²) in [4.78, 5) is 25.9. The molecule has 0 aliphatic carbocycles. The SMILES string of the molecule is CCC1CCCCN1C(=O)CN(c1ccc(C(C)=O)cc1)S(C)(=O)=O. The minimum Gasteiger partial charge on any atom is -0.338 e. The first-order valence-corrected chi connectivity index (χ1v) is 10.5. The van der Waals surface area contributed by atoms with Gasteiger partial charge in [-0.3, -0.25) is 13.9 Å². The minimum atomic E-state index is -3.61. The third kappa shape index (κ3) is 4.81. The van der Waals surface area contributed by atoms with Crippen molar-refractivity contribution in [2.24, 2.45) is 0 Å². The van der Waals surface area contributed by atoms with Crippen molar-refractivity contribution < 1.29 is 18.0 Å². The van der Waals surface area contributed by atoms with Crippen LogP contribution in [-0.4, -0.2) is 50.4 Å². The Hall–Kier alpha value is -1.89. The molecule has 1 aliphatic heterocycles. The van der Waals surface area contributed by atoms with Crippen LogP contribution in [0.25, 0.3) is 0 Å². The summed E-state index contributed by atoms with van der Waals surface area (Å²) >= 11 is 0. The van der Waals surface area contributed by atoms with E-state index in [2.05, 4.69) is 0 Å². The van der Waals surface area contributed by atoms with Crippen molar-refractivity contribution in [3.63, 3.8) is 0 Å². The number of carbonyl (C=O) groups is 2. The monoisotopic (exact) mass is 366 g/mol. The van der Waals surface area contributed by atoms with Gasteiger partial charge >= 0.3 is 0 Å². The van der Waals surface area contributed by atoms with Crippen LogP contribution in [0, 0.1) is 0 Å². The van der Waals surface area contributed by atoms with Crippen LogP contribution in [0.3, 0.4) is 0 Å². The third-order valence-electron chi connectivity index (χ3n) is 4.66. The lowest BCUT2D eigenvalue weighted by molar-refractivity contribution is -0.133. The van der Waals surface area contributed by atoms with Crippen LogP contribution in [0.4, 0.5) is 5.69 Å². The molecule has 1 fully saturated rings. The molecular formula is C18H26N2O4S. The van der Waals surface area contributed by atoms with Gasteiger partial charge in [0, 0.05) is 18.2 Å². The Labute approximate surface area is 149 Å². The predicted molar refractivity (Wildman–Crippen MR) is 98.3 cm³/mol. The highest BCUT2D eigenvalue weighted by Crippen LogP contribution is 2.22. The van der Waals surface area contributed by atoms with Gasteiger partial charge < -0.3 is 4.90 Å². The van der Waals surface area contributed by atoms with Crippen molar-refractivity contribution in [1.29, 1.82) is 0 Å². The van der Waals surface area contributed by atoms with Gasteiger partial charge in [-0.25, -0.2) is 8.42 Å². The first-order chi connectivity index (χ1) is 11.7. The van der Waals surface area contributed by atoms with Crippen LogP contribution in [0.15, 0.2) is 24.3 Å². The summed E-state index contributed by atoms with van der Waals surface area (Å²) in [7, 11) is -3.61. The first-order valence-electron chi connectivity index (χ1n) is 8.62. The largest absolute Gasteiger partial charge is 0.338 e. The van der Waals surface area contributed by atoms with Crippen LogP contribution in [0.5, 0.6) is 0 Å². The van der Waals surface area contributed by atoms with E-state index < -0.39 is 10.0 Å². The highest BCUT2D eigenvalue weighted by molar-refractivity contribution is 7.92. The zero-order valence-electron chi connectivity index (χ0n) is 15.1. The summed E-state index contributed by atoms with van der Waals surface area (Å²) in [5, 5.41) is 0. The predicted octanol–water partition coefficient (Wildman–Crippen LogP) is 2.45. The molecule has 0 radical (unpaired) electrons. The number of hydrogen-bond donors (Lipinski definition) is 0. The number of rotatable bonds is 6. The third-order valence-corrected chi connectivity index (χ3v) is 5.80. The molecule has 1 saturated heterocycles. The molecule has 7 heteroatoms. The number of Topliss-reactive ketones (excluding diaryl/α,β-unsaturated/α-hetero) is 1. The summed E-state index contributed by atoms with van der Waals surface area (Å²) in [6.45, 7) is 3.96. The minimum absolute atomic E-state index is 0.0902. The highest BCUT2D eigenvalue weighted by atomic mass is 32.2. The molecule has 6 nitrogen and oxygen atoms in total. The van der Waals surface area contributed by atoms with Gasteiger partial charge in [0.15, 0.2) is 5.78 Å². The summed E-state index contributed by atoms with van der Waals surface area (Å²) in [5.74, 6) is -0.264. The van der Waals surface area contributed by atoms with E-state index in [-0.39, 0.29) is 24.3 Å². The lowest BCUT2D eigenvalue weighted by atomic mass is 10.00. The number of piperidine rings is 1. The van der Waals surface area contributed by atoms with Crippen molar-refractivity contribution in [1.82, 2.24) is 4.90 Å². The Morgan fingerprint density at radius 2 is 1.84 bits per heavy atom. The summed E-state index contributed by atoms with van der Waals surface area (Å²) < 4.78 is 25.5. The molecule has 138 valence electrons. The maximum absolute atomic E-state index is 12.7. The first kappa shape index (κ1) is 19.4. The molecule has 2 rings (SSSR count). The number of amides is 1. The molecule has 0 spiro atoms. The molecule has 1 unspecified atom stereocenters. The van der Waals surface area contributed by atoms with E-state index in [9.17, 15) is 18.0 Å². The maximum atomic E-state index is 12.7. The van der Waals surface area contributed by atoms with E-state index in [1.165, 1.54) is 6.92 Å². The van der Waals surface area contributed by atoms with Crippen LogP contribution in [0.2, 0.25) is 0 Å². The van der Waals surface area contributed by atoms with Crippen molar-refractivity contribution in [2.45, 2.75) is 45.6 Å². The Kier molecular flexibility index (Phi) is 6.21. The zero-order valence-corrected chi connectivity index (χ0v) is 15.9. The summed E-state index contributed by atoms with van der Waals surface area (Å²) in [5.41, 5.74) is 0.900. The van der Waals surface area contributed by atoms with E-state index >= 15 is 0 Å². The van der Waals surface area contributed by atoms with Crippen molar-refractivity contribution in [3.05, 3.63) is 29.8 Å². The fraction of sp³-hybridized carbons (Fsp3) is 0.556.